The van der Waals surface area contributed by atoms with Gasteiger partial charge in [0.15, 0.2) is 0 Å². The summed E-state index contributed by atoms with van der Waals surface area (Å²) in [4.78, 5) is 7.77. The van der Waals surface area contributed by atoms with E-state index >= 15 is 0 Å². The Morgan fingerprint density at radius 1 is 1.37 bits per heavy atom. The molecule has 0 aliphatic carbocycles. The minimum atomic E-state index is -0.337. The number of aliphatic hydroxyl groups excluding tert-OH is 1. The minimum Gasteiger partial charge on any atom is -0.395 e. The van der Waals surface area contributed by atoms with Crippen LogP contribution in [0.15, 0.2) is 24.4 Å². The van der Waals surface area contributed by atoms with Crippen LogP contribution in [0.5, 0.6) is 0 Å². The van der Waals surface area contributed by atoms with E-state index in [2.05, 4.69) is 42.0 Å². The summed E-state index contributed by atoms with van der Waals surface area (Å²) in [5, 5.41) is 9.53. The molecule has 1 aromatic heterocycles. The SMILES string of the molecule is Cc1ccc(C)c(-c2cnc(C3(CO)COC3)[nH]2)c1. The molecule has 1 aliphatic heterocycles. The average molecular weight is 258 g/mol. The lowest BCUT2D eigenvalue weighted by atomic mass is 9.86. The third-order valence-electron chi connectivity index (χ3n) is 3.82. The van der Waals surface area contributed by atoms with Gasteiger partial charge < -0.3 is 14.8 Å². The van der Waals surface area contributed by atoms with Gasteiger partial charge in [-0.1, -0.05) is 17.7 Å². The lowest BCUT2D eigenvalue weighted by Gasteiger charge is -2.37. The number of nitrogens with zero attached hydrogens (tertiary/aromatic N) is 1. The molecule has 1 fully saturated rings. The maximum absolute atomic E-state index is 9.53. The summed E-state index contributed by atoms with van der Waals surface area (Å²) < 4.78 is 5.22. The second-order valence-electron chi connectivity index (χ2n) is 5.40. The normalized spacial score (nSPS) is 17.2. The third-order valence-corrected chi connectivity index (χ3v) is 3.82. The van der Waals surface area contributed by atoms with Crippen LogP contribution in [0.4, 0.5) is 0 Å². The first-order valence-corrected chi connectivity index (χ1v) is 6.46. The quantitative estimate of drug-likeness (QED) is 0.884. The van der Waals surface area contributed by atoms with Gasteiger partial charge in [0.1, 0.15) is 5.82 Å². The highest BCUT2D eigenvalue weighted by atomic mass is 16.5. The summed E-state index contributed by atoms with van der Waals surface area (Å²) in [6, 6.07) is 6.36. The topological polar surface area (TPSA) is 58.1 Å². The van der Waals surface area contributed by atoms with Crippen molar-refractivity contribution in [3.05, 3.63) is 41.3 Å². The summed E-state index contributed by atoms with van der Waals surface area (Å²) in [7, 11) is 0. The van der Waals surface area contributed by atoms with Crippen LogP contribution in [0, 0.1) is 13.8 Å². The van der Waals surface area contributed by atoms with E-state index in [9.17, 15) is 5.11 Å². The standard InChI is InChI=1S/C15H18N2O2/c1-10-3-4-11(2)12(5-10)13-6-16-14(17-13)15(7-18)8-19-9-15/h3-6,18H,7-9H2,1-2H3,(H,16,17). The van der Waals surface area contributed by atoms with E-state index in [-0.39, 0.29) is 12.0 Å². The number of aryl methyl sites for hydroxylation is 2. The number of nitrogens with one attached hydrogen (secondary N) is 1. The molecule has 4 heteroatoms. The van der Waals surface area contributed by atoms with Crippen LogP contribution in [0.1, 0.15) is 17.0 Å². The van der Waals surface area contributed by atoms with Crippen molar-refractivity contribution >= 4 is 0 Å². The van der Waals surface area contributed by atoms with E-state index in [0.29, 0.717) is 13.2 Å². The number of aromatic nitrogens is 2. The molecule has 19 heavy (non-hydrogen) atoms. The minimum absolute atomic E-state index is 0.0623. The molecular formula is C15H18N2O2. The molecule has 0 amide bonds. The lowest BCUT2D eigenvalue weighted by molar-refractivity contribution is -0.0880. The highest BCUT2D eigenvalue weighted by Gasteiger charge is 2.42. The Balaban J connectivity index is 1.99. The number of hydrogen-bond acceptors (Lipinski definition) is 3. The number of aromatic amines is 1. The van der Waals surface area contributed by atoms with Gasteiger partial charge in [0.25, 0.3) is 0 Å². The highest BCUT2D eigenvalue weighted by molar-refractivity contribution is 5.64. The number of rotatable bonds is 3. The van der Waals surface area contributed by atoms with Crippen molar-refractivity contribution in [3.63, 3.8) is 0 Å². The summed E-state index contributed by atoms with van der Waals surface area (Å²) in [6.07, 6.45) is 1.84. The Kier molecular flexibility index (Phi) is 2.92. The van der Waals surface area contributed by atoms with Crippen molar-refractivity contribution < 1.29 is 9.84 Å². The van der Waals surface area contributed by atoms with Gasteiger partial charge >= 0.3 is 0 Å². The van der Waals surface area contributed by atoms with Gasteiger partial charge in [0, 0.05) is 5.56 Å². The smallest absolute Gasteiger partial charge is 0.119 e. The first-order chi connectivity index (χ1) is 9.14. The Morgan fingerprint density at radius 2 is 2.16 bits per heavy atom. The van der Waals surface area contributed by atoms with E-state index in [1.807, 2.05) is 6.20 Å². The Bertz CT molecular complexity index is 594. The van der Waals surface area contributed by atoms with Crippen LogP contribution in [0.2, 0.25) is 0 Å². The molecule has 3 rings (SSSR count). The fraction of sp³-hybridized carbons (Fsp3) is 0.400. The van der Waals surface area contributed by atoms with E-state index in [4.69, 9.17) is 4.74 Å². The van der Waals surface area contributed by atoms with E-state index < -0.39 is 0 Å². The molecule has 0 bridgehead atoms. The van der Waals surface area contributed by atoms with Gasteiger partial charge in [0.2, 0.25) is 0 Å². The van der Waals surface area contributed by atoms with Gasteiger partial charge in [-0.05, 0) is 25.5 Å². The number of imidazole rings is 1. The zero-order valence-corrected chi connectivity index (χ0v) is 11.2. The summed E-state index contributed by atoms with van der Waals surface area (Å²) >= 11 is 0. The average Bonchev–Trinajstić information content (AvgIpc) is 2.81. The molecule has 2 aromatic rings. The van der Waals surface area contributed by atoms with Crippen molar-refractivity contribution in [1.29, 1.82) is 0 Å². The Hall–Kier alpha value is -1.65. The van der Waals surface area contributed by atoms with Crippen molar-refractivity contribution in [1.82, 2.24) is 9.97 Å². The summed E-state index contributed by atoms with van der Waals surface area (Å²) in [6.45, 7) is 5.29. The maximum atomic E-state index is 9.53. The number of H-pyrrole nitrogens is 1. The molecule has 1 aromatic carbocycles. The molecule has 2 N–H and O–H groups in total. The number of benzene rings is 1. The molecule has 2 heterocycles. The number of hydrogen-bond donors (Lipinski definition) is 2. The zero-order valence-electron chi connectivity index (χ0n) is 11.2. The molecule has 1 saturated heterocycles. The van der Waals surface area contributed by atoms with Gasteiger partial charge in [-0.2, -0.15) is 0 Å². The molecule has 0 spiro atoms. The molecule has 4 nitrogen and oxygen atoms in total. The predicted molar refractivity (Wildman–Crippen MR) is 73.1 cm³/mol. The van der Waals surface area contributed by atoms with Crippen molar-refractivity contribution in [2.75, 3.05) is 19.8 Å². The summed E-state index contributed by atoms with van der Waals surface area (Å²) in [5.41, 5.74) is 4.25. The van der Waals surface area contributed by atoms with Crippen molar-refractivity contribution in [2.45, 2.75) is 19.3 Å². The van der Waals surface area contributed by atoms with Crippen LogP contribution in [0.25, 0.3) is 11.3 Å². The lowest BCUT2D eigenvalue weighted by Crippen LogP contribution is -2.50. The Labute approximate surface area is 112 Å². The van der Waals surface area contributed by atoms with Crippen LogP contribution in [-0.4, -0.2) is 34.9 Å². The first-order valence-electron chi connectivity index (χ1n) is 6.46. The molecule has 100 valence electrons. The van der Waals surface area contributed by atoms with E-state index in [1.165, 1.54) is 11.1 Å². The van der Waals surface area contributed by atoms with Crippen LogP contribution in [-0.2, 0) is 10.2 Å². The Morgan fingerprint density at radius 3 is 2.79 bits per heavy atom. The molecule has 0 unspecified atom stereocenters. The molecule has 0 saturated carbocycles. The number of aliphatic hydroxyl groups is 1. The van der Waals surface area contributed by atoms with Gasteiger partial charge in [-0.15, -0.1) is 0 Å². The van der Waals surface area contributed by atoms with Gasteiger partial charge in [0.05, 0.1) is 37.1 Å². The molecular weight excluding hydrogens is 240 g/mol. The fourth-order valence-corrected chi connectivity index (χ4v) is 2.40. The molecule has 1 aliphatic rings. The van der Waals surface area contributed by atoms with E-state index in [1.54, 1.807) is 0 Å². The molecule has 0 atom stereocenters. The predicted octanol–water partition coefficient (Wildman–Crippen LogP) is 1.95. The molecule has 0 radical (unpaired) electrons. The van der Waals surface area contributed by atoms with Gasteiger partial charge in [-0.25, -0.2) is 4.98 Å². The monoisotopic (exact) mass is 258 g/mol. The fourth-order valence-electron chi connectivity index (χ4n) is 2.40. The zero-order chi connectivity index (χ0) is 13.5. The number of ether oxygens (including phenoxy) is 1. The highest BCUT2D eigenvalue weighted by Crippen LogP contribution is 2.32. The second-order valence-corrected chi connectivity index (χ2v) is 5.40. The van der Waals surface area contributed by atoms with Crippen LogP contribution >= 0.6 is 0 Å². The van der Waals surface area contributed by atoms with Crippen LogP contribution in [0.3, 0.4) is 0 Å². The van der Waals surface area contributed by atoms with Gasteiger partial charge in [-0.3, -0.25) is 0 Å². The van der Waals surface area contributed by atoms with Crippen LogP contribution < -0.4 is 0 Å². The largest absolute Gasteiger partial charge is 0.395 e. The third kappa shape index (κ3) is 1.97. The maximum Gasteiger partial charge on any atom is 0.119 e. The summed E-state index contributed by atoms with van der Waals surface area (Å²) in [5.74, 6) is 0.817. The van der Waals surface area contributed by atoms with Crippen molar-refractivity contribution in [3.8, 4) is 11.3 Å². The van der Waals surface area contributed by atoms with Crippen molar-refractivity contribution in [2.24, 2.45) is 0 Å². The second kappa shape index (κ2) is 4.47. The van der Waals surface area contributed by atoms with E-state index in [0.717, 1.165) is 17.1 Å². The first kappa shape index (κ1) is 12.4.